The second kappa shape index (κ2) is 5.05. The number of rotatable bonds is 2. The molecule has 0 radical (unpaired) electrons. The quantitative estimate of drug-likeness (QED) is 0.770. The molecule has 0 aliphatic heterocycles. The SMILES string of the molecule is Cc1csc(OC(=O)c2ccc(C(F)(F)F)cc2)c1. The van der Waals surface area contributed by atoms with Crippen LogP contribution in [0.1, 0.15) is 21.5 Å². The third-order valence-corrected chi connectivity index (χ3v) is 3.27. The summed E-state index contributed by atoms with van der Waals surface area (Å²) in [5, 5.41) is 2.23. The molecule has 2 aromatic rings. The highest BCUT2D eigenvalue weighted by atomic mass is 32.1. The summed E-state index contributed by atoms with van der Waals surface area (Å²) in [5.74, 6) is -0.671. The van der Waals surface area contributed by atoms with Gasteiger partial charge in [-0.15, -0.1) is 11.3 Å². The highest BCUT2D eigenvalue weighted by molar-refractivity contribution is 7.12. The fourth-order valence-corrected chi connectivity index (χ4v) is 2.15. The average Bonchev–Trinajstić information content (AvgIpc) is 2.74. The van der Waals surface area contributed by atoms with E-state index in [1.165, 1.54) is 11.3 Å². The zero-order chi connectivity index (χ0) is 14.0. The Hall–Kier alpha value is -1.82. The number of aryl methyl sites for hydroxylation is 1. The Morgan fingerprint density at radius 1 is 1.21 bits per heavy atom. The molecule has 0 aliphatic rings. The first-order chi connectivity index (χ1) is 8.86. The van der Waals surface area contributed by atoms with Gasteiger partial charge in [0.25, 0.3) is 0 Å². The van der Waals surface area contributed by atoms with Crippen LogP contribution in [-0.2, 0) is 6.18 Å². The summed E-state index contributed by atoms with van der Waals surface area (Å²) in [7, 11) is 0. The summed E-state index contributed by atoms with van der Waals surface area (Å²) < 4.78 is 42.1. The van der Waals surface area contributed by atoms with Crippen LogP contribution in [0.4, 0.5) is 13.2 Å². The number of carbonyl (C=O) groups excluding carboxylic acids is 1. The highest BCUT2D eigenvalue weighted by Crippen LogP contribution is 2.29. The Balaban J connectivity index is 2.12. The van der Waals surface area contributed by atoms with Crippen molar-refractivity contribution in [1.29, 1.82) is 0 Å². The van der Waals surface area contributed by atoms with Crippen molar-refractivity contribution < 1.29 is 22.7 Å². The highest BCUT2D eigenvalue weighted by Gasteiger charge is 2.30. The topological polar surface area (TPSA) is 26.3 Å². The van der Waals surface area contributed by atoms with Gasteiger partial charge in [-0.25, -0.2) is 4.79 Å². The molecule has 0 aliphatic carbocycles. The lowest BCUT2D eigenvalue weighted by Gasteiger charge is -2.07. The molecule has 2 nitrogen and oxygen atoms in total. The first-order valence-electron chi connectivity index (χ1n) is 5.31. The van der Waals surface area contributed by atoms with Gasteiger partial charge >= 0.3 is 12.1 Å². The fraction of sp³-hybridized carbons (Fsp3) is 0.154. The monoisotopic (exact) mass is 286 g/mol. The first kappa shape index (κ1) is 13.6. The van der Waals surface area contributed by atoms with Crippen LogP contribution >= 0.6 is 11.3 Å². The lowest BCUT2D eigenvalue weighted by molar-refractivity contribution is -0.137. The van der Waals surface area contributed by atoms with Crippen LogP contribution in [0.2, 0.25) is 0 Å². The maximum absolute atomic E-state index is 12.4. The fourth-order valence-electron chi connectivity index (χ4n) is 1.40. The minimum Gasteiger partial charge on any atom is -0.412 e. The minimum atomic E-state index is -4.41. The second-order valence-electron chi connectivity index (χ2n) is 3.91. The van der Waals surface area contributed by atoms with E-state index in [9.17, 15) is 18.0 Å². The largest absolute Gasteiger partial charge is 0.416 e. The van der Waals surface area contributed by atoms with E-state index in [0.29, 0.717) is 5.06 Å². The van der Waals surface area contributed by atoms with E-state index in [4.69, 9.17) is 4.74 Å². The first-order valence-corrected chi connectivity index (χ1v) is 6.19. The number of halogens is 3. The molecule has 0 atom stereocenters. The summed E-state index contributed by atoms with van der Waals surface area (Å²) in [6.45, 7) is 1.85. The summed E-state index contributed by atoms with van der Waals surface area (Å²) in [6.07, 6.45) is -4.41. The number of thiophene rings is 1. The van der Waals surface area contributed by atoms with Gasteiger partial charge in [0, 0.05) is 0 Å². The van der Waals surface area contributed by atoms with E-state index in [1.807, 2.05) is 12.3 Å². The summed E-state index contributed by atoms with van der Waals surface area (Å²) >= 11 is 1.26. The third-order valence-electron chi connectivity index (χ3n) is 2.35. The van der Waals surface area contributed by atoms with Crippen LogP contribution in [0.5, 0.6) is 5.06 Å². The molecular formula is C13H9F3O2S. The molecule has 0 bridgehead atoms. The van der Waals surface area contributed by atoms with Crippen molar-refractivity contribution in [2.24, 2.45) is 0 Å². The molecule has 6 heteroatoms. The maximum atomic E-state index is 12.4. The van der Waals surface area contributed by atoms with Crippen molar-refractivity contribution >= 4 is 17.3 Å². The Morgan fingerprint density at radius 2 is 1.84 bits per heavy atom. The van der Waals surface area contributed by atoms with Crippen LogP contribution in [0.3, 0.4) is 0 Å². The number of alkyl halides is 3. The van der Waals surface area contributed by atoms with E-state index < -0.39 is 17.7 Å². The van der Waals surface area contributed by atoms with Crippen LogP contribution in [0.15, 0.2) is 35.7 Å². The lowest BCUT2D eigenvalue weighted by atomic mass is 10.1. The van der Waals surface area contributed by atoms with Crippen LogP contribution in [0.25, 0.3) is 0 Å². The normalized spacial score (nSPS) is 11.4. The van der Waals surface area contributed by atoms with Crippen molar-refractivity contribution in [2.45, 2.75) is 13.1 Å². The van der Waals surface area contributed by atoms with Gasteiger partial charge in [-0.2, -0.15) is 13.2 Å². The Labute approximate surface area is 111 Å². The molecule has 0 spiro atoms. The zero-order valence-electron chi connectivity index (χ0n) is 9.82. The number of hydrogen-bond donors (Lipinski definition) is 0. The molecule has 19 heavy (non-hydrogen) atoms. The zero-order valence-corrected chi connectivity index (χ0v) is 10.6. The van der Waals surface area contributed by atoms with Crippen molar-refractivity contribution in [1.82, 2.24) is 0 Å². The molecule has 1 aromatic heterocycles. The van der Waals surface area contributed by atoms with E-state index in [0.717, 1.165) is 29.8 Å². The minimum absolute atomic E-state index is 0.0825. The standard InChI is InChI=1S/C13H9F3O2S/c1-8-6-11(19-7-8)18-12(17)9-2-4-10(5-3-9)13(14,15)16/h2-7H,1H3. The number of benzene rings is 1. The van der Waals surface area contributed by atoms with Gasteiger partial charge in [-0.05, 0) is 48.2 Å². The lowest BCUT2D eigenvalue weighted by Crippen LogP contribution is -2.09. The van der Waals surface area contributed by atoms with Crippen molar-refractivity contribution in [2.75, 3.05) is 0 Å². The van der Waals surface area contributed by atoms with Crippen molar-refractivity contribution in [3.05, 3.63) is 52.4 Å². The smallest absolute Gasteiger partial charge is 0.412 e. The van der Waals surface area contributed by atoms with Gasteiger partial charge in [0.05, 0.1) is 11.1 Å². The van der Waals surface area contributed by atoms with Crippen LogP contribution < -0.4 is 4.74 Å². The third kappa shape index (κ3) is 3.35. The van der Waals surface area contributed by atoms with Crippen LogP contribution in [0, 0.1) is 6.92 Å². The van der Waals surface area contributed by atoms with Gasteiger partial charge < -0.3 is 4.74 Å². The average molecular weight is 286 g/mol. The number of carbonyl (C=O) groups is 1. The molecule has 0 N–H and O–H groups in total. The van der Waals surface area contributed by atoms with Crippen molar-refractivity contribution in [3.8, 4) is 5.06 Å². The Bertz CT molecular complexity index is 585. The molecule has 1 heterocycles. The molecular weight excluding hydrogens is 277 g/mol. The van der Waals surface area contributed by atoms with E-state index in [1.54, 1.807) is 6.07 Å². The molecule has 0 unspecified atom stereocenters. The predicted octanol–water partition coefficient (Wildman–Crippen LogP) is 4.29. The Morgan fingerprint density at radius 3 is 2.32 bits per heavy atom. The van der Waals surface area contributed by atoms with Crippen molar-refractivity contribution in [3.63, 3.8) is 0 Å². The second-order valence-corrected chi connectivity index (χ2v) is 4.78. The van der Waals surface area contributed by atoms with Crippen LogP contribution in [-0.4, -0.2) is 5.97 Å². The van der Waals surface area contributed by atoms with Gasteiger partial charge in [0.15, 0.2) is 5.06 Å². The van der Waals surface area contributed by atoms with E-state index >= 15 is 0 Å². The molecule has 0 amide bonds. The molecule has 0 saturated heterocycles. The molecule has 1 aromatic carbocycles. The number of esters is 1. The molecule has 0 saturated carbocycles. The van der Waals surface area contributed by atoms with Gasteiger partial charge in [0.1, 0.15) is 0 Å². The molecule has 0 fully saturated rings. The van der Waals surface area contributed by atoms with E-state index in [-0.39, 0.29) is 5.56 Å². The predicted molar refractivity (Wildman–Crippen MR) is 65.5 cm³/mol. The number of hydrogen-bond acceptors (Lipinski definition) is 3. The maximum Gasteiger partial charge on any atom is 0.416 e. The Kier molecular flexibility index (Phi) is 3.61. The number of ether oxygens (including phenoxy) is 1. The summed E-state index contributed by atoms with van der Waals surface area (Å²) in [6, 6.07) is 5.61. The van der Waals surface area contributed by atoms with E-state index in [2.05, 4.69) is 0 Å². The van der Waals surface area contributed by atoms with Gasteiger partial charge in [-0.1, -0.05) is 0 Å². The van der Waals surface area contributed by atoms with Gasteiger partial charge in [0.2, 0.25) is 0 Å². The van der Waals surface area contributed by atoms with Gasteiger partial charge in [-0.3, -0.25) is 0 Å². The summed E-state index contributed by atoms with van der Waals surface area (Å²) in [5.41, 5.74) is 0.246. The molecule has 2 rings (SSSR count). The summed E-state index contributed by atoms with van der Waals surface area (Å²) in [4.78, 5) is 11.7. The molecule has 100 valence electrons.